The van der Waals surface area contributed by atoms with E-state index < -0.39 is 10.8 Å². The fourth-order valence-corrected chi connectivity index (χ4v) is 2.29. The Hall–Kier alpha value is -0.910. The number of rotatable bonds is 12. The molecule has 0 fully saturated rings. The van der Waals surface area contributed by atoms with Gasteiger partial charge in [-0.1, -0.05) is 26.7 Å². The number of hydrogen-bond donors (Lipinski definition) is 0. The molecule has 0 N–H and O–H groups in total. The third-order valence-corrected chi connectivity index (χ3v) is 3.91. The fourth-order valence-electron chi connectivity index (χ4n) is 1.30. The van der Waals surface area contributed by atoms with Gasteiger partial charge in [0.05, 0.1) is 26.1 Å². The first kappa shape index (κ1) is 19.1. The van der Waals surface area contributed by atoms with E-state index in [1.807, 2.05) is 13.8 Å². The predicted octanol–water partition coefficient (Wildman–Crippen LogP) is 2.20. The quantitative estimate of drug-likeness (QED) is 0.408. The van der Waals surface area contributed by atoms with Crippen molar-refractivity contribution in [1.29, 1.82) is 0 Å². The molecule has 6 heteroatoms. The summed E-state index contributed by atoms with van der Waals surface area (Å²) < 4.78 is 21.5. The van der Waals surface area contributed by atoms with E-state index in [1.54, 1.807) is 0 Å². The van der Waals surface area contributed by atoms with Gasteiger partial charge in [0, 0.05) is 22.3 Å². The van der Waals surface area contributed by atoms with Crippen LogP contribution in [0.1, 0.15) is 52.4 Å². The van der Waals surface area contributed by atoms with Crippen LogP contribution in [0.2, 0.25) is 0 Å². The van der Waals surface area contributed by atoms with Gasteiger partial charge in [-0.05, 0) is 12.8 Å². The number of carbonyl (C=O) groups is 2. The van der Waals surface area contributed by atoms with Crippen molar-refractivity contribution >= 4 is 22.7 Å². The van der Waals surface area contributed by atoms with Gasteiger partial charge in [0.25, 0.3) is 0 Å². The molecule has 0 heterocycles. The molecule has 0 aliphatic rings. The molecule has 0 aromatic rings. The largest absolute Gasteiger partial charge is 0.466 e. The first-order valence-electron chi connectivity index (χ1n) is 7.26. The highest BCUT2D eigenvalue weighted by atomic mass is 32.2. The summed E-state index contributed by atoms with van der Waals surface area (Å²) in [5, 5.41) is 0. The van der Waals surface area contributed by atoms with Crippen molar-refractivity contribution < 1.29 is 23.3 Å². The molecule has 0 aliphatic heterocycles. The van der Waals surface area contributed by atoms with Gasteiger partial charge in [-0.3, -0.25) is 13.8 Å². The number of hydrogen-bond acceptors (Lipinski definition) is 5. The summed E-state index contributed by atoms with van der Waals surface area (Å²) in [6.45, 7) is 4.88. The average molecular weight is 306 g/mol. The van der Waals surface area contributed by atoms with Crippen LogP contribution in [-0.4, -0.2) is 40.9 Å². The van der Waals surface area contributed by atoms with Crippen molar-refractivity contribution in [2.75, 3.05) is 24.7 Å². The lowest BCUT2D eigenvalue weighted by Crippen LogP contribution is -2.14. The van der Waals surface area contributed by atoms with Gasteiger partial charge in [0.15, 0.2) is 0 Å². The molecular weight excluding hydrogens is 280 g/mol. The Morgan fingerprint density at radius 3 is 1.60 bits per heavy atom. The number of ether oxygens (including phenoxy) is 2. The molecule has 0 saturated heterocycles. The Morgan fingerprint density at radius 2 is 1.25 bits per heavy atom. The van der Waals surface area contributed by atoms with E-state index in [0.717, 1.165) is 25.7 Å². The van der Waals surface area contributed by atoms with E-state index in [-0.39, 0.29) is 36.3 Å². The van der Waals surface area contributed by atoms with Crippen LogP contribution >= 0.6 is 0 Å². The minimum absolute atomic E-state index is 0.140. The zero-order valence-corrected chi connectivity index (χ0v) is 13.3. The number of esters is 2. The number of carbonyl (C=O) groups excluding carboxylic acids is 2. The van der Waals surface area contributed by atoms with Gasteiger partial charge in [-0.25, -0.2) is 0 Å². The molecule has 20 heavy (non-hydrogen) atoms. The molecule has 0 aromatic carbocycles. The van der Waals surface area contributed by atoms with Crippen molar-refractivity contribution in [3.8, 4) is 0 Å². The first-order chi connectivity index (χ1) is 9.60. The van der Waals surface area contributed by atoms with Crippen molar-refractivity contribution in [2.24, 2.45) is 0 Å². The lowest BCUT2D eigenvalue weighted by molar-refractivity contribution is -0.144. The normalized spacial score (nSPS) is 10.6. The molecule has 0 unspecified atom stereocenters. The van der Waals surface area contributed by atoms with E-state index in [9.17, 15) is 13.8 Å². The second-order valence-electron chi connectivity index (χ2n) is 4.50. The Balaban J connectivity index is 3.57. The van der Waals surface area contributed by atoms with Gasteiger partial charge in [-0.2, -0.15) is 0 Å². The summed E-state index contributed by atoms with van der Waals surface area (Å²) in [7, 11) is -1.18. The van der Waals surface area contributed by atoms with Crippen molar-refractivity contribution in [2.45, 2.75) is 52.4 Å². The van der Waals surface area contributed by atoms with Crippen molar-refractivity contribution in [3.05, 3.63) is 0 Å². The average Bonchev–Trinajstić information content (AvgIpc) is 2.43. The van der Waals surface area contributed by atoms with Crippen LogP contribution < -0.4 is 0 Å². The minimum atomic E-state index is -1.18. The lowest BCUT2D eigenvalue weighted by Gasteiger charge is -2.05. The summed E-state index contributed by atoms with van der Waals surface area (Å²) >= 11 is 0. The highest BCUT2D eigenvalue weighted by molar-refractivity contribution is 7.85. The van der Waals surface area contributed by atoms with Gasteiger partial charge < -0.3 is 9.47 Å². The van der Waals surface area contributed by atoms with E-state index in [2.05, 4.69) is 0 Å². The summed E-state index contributed by atoms with van der Waals surface area (Å²) in [5.74, 6) is -0.157. The minimum Gasteiger partial charge on any atom is -0.466 e. The zero-order chi connectivity index (χ0) is 15.2. The van der Waals surface area contributed by atoms with E-state index in [4.69, 9.17) is 9.47 Å². The molecule has 0 radical (unpaired) electrons. The van der Waals surface area contributed by atoms with Gasteiger partial charge in [0.2, 0.25) is 0 Å². The Morgan fingerprint density at radius 1 is 0.850 bits per heavy atom. The third kappa shape index (κ3) is 12.1. The topological polar surface area (TPSA) is 69.7 Å². The maximum absolute atomic E-state index is 11.6. The maximum atomic E-state index is 11.6. The van der Waals surface area contributed by atoms with Crippen molar-refractivity contribution in [3.63, 3.8) is 0 Å². The van der Waals surface area contributed by atoms with Gasteiger partial charge >= 0.3 is 11.9 Å². The van der Waals surface area contributed by atoms with Crippen LogP contribution in [0.3, 0.4) is 0 Å². The Kier molecular flexibility index (Phi) is 12.5. The molecule has 0 aliphatic carbocycles. The summed E-state index contributed by atoms with van der Waals surface area (Å²) in [4.78, 5) is 22.6. The summed E-state index contributed by atoms with van der Waals surface area (Å²) in [6.07, 6.45) is 3.91. The molecule has 5 nitrogen and oxygen atoms in total. The molecule has 0 atom stereocenters. The second-order valence-corrected chi connectivity index (χ2v) is 6.19. The molecule has 0 saturated carbocycles. The van der Waals surface area contributed by atoms with Crippen LogP contribution in [0.4, 0.5) is 0 Å². The van der Waals surface area contributed by atoms with Gasteiger partial charge in [-0.15, -0.1) is 0 Å². The van der Waals surface area contributed by atoms with E-state index in [1.165, 1.54) is 0 Å². The smallest absolute Gasteiger partial charge is 0.306 e. The second kappa shape index (κ2) is 13.1. The predicted molar refractivity (Wildman–Crippen MR) is 78.8 cm³/mol. The maximum Gasteiger partial charge on any atom is 0.306 e. The van der Waals surface area contributed by atoms with Crippen LogP contribution in [0, 0.1) is 0 Å². The van der Waals surface area contributed by atoms with Crippen LogP contribution in [-0.2, 0) is 29.9 Å². The fraction of sp³-hybridized carbons (Fsp3) is 0.857. The highest BCUT2D eigenvalue weighted by Gasteiger charge is 2.09. The standard InChI is InChI=1S/C14H26O5S/c1-3-5-9-18-13(15)7-11-20(17)12-8-14(16)19-10-6-4-2/h3-12H2,1-2H3. The summed E-state index contributed by atoms with van der Waals surface area (Å²) in [6, 6.07) is 0. The molecular formula is C14H26O5S. The van der Waals surface area contributed by atoms with Crippen LogP contribution in [0.15, 0.2) is 0 Å². The monoisotopic (exact) mass is 306 g/mol. The van der Waals surface area contributed by atoms with E-state index in [0.29, 0.717) is 13.2 Å². The molecule has 0 aromatic heterocycles. The van der Waals surface area contributed by atoms with Crippen molar-refractivity contribution in [1.82, 2.24) is 0 Å². The Bertz CT molecular complexity index is 276. The zero-order valence-electron chi connectivity index (χ0n) is 12.5. The van der Waals surface area contributed by atoms with E-state index >= 15 is 0 Å². The summed E-state index contributed by atoms with van der Waals surface area (Å²) in [5.41, 5.74) is 0. The molecule has 118 valence electrons. The van der Waals surface area contributed by atoms with Crippen LogP contribution in [0.25, 0.3) is 0 Å². The molecule has 0 bridgehead atoms. The number of unbranched alkanes of at least 4 members (excludes halogenated alkanes) is 2. The molecule has 0 amide bonds. The highest BCUT2D eigenvalue weighted by Crippen LogP contribution is 1.98. The Labute approximate surface area is 123 Å². The van der Waals surface area contributed by atoms with Gasteiger partial charge in [0.1, 0.15) is 0 Å². The lowest BCUT2D eigenvalue weighted by atomic mass is 10.4. The first-order valence-corrected chi connectivity index (χ1v) is 8.75. The SMILES string of the molecule is CCCCOC(=O)CCS(=O)CCC(=O)OCCCC. The molecule has 0 rings (SSSR count). The molecule has 0 spiro atoms. The third-order valence-electron chi connectivity index (χ3n) is 2.59. The van der Waals surface area contributed by atoms with Crippen LogP contribution in [0.5, 0.6) is 0 Å².